The molecular weight excluding hydrogens is 306 g/mol. The molecule has 7 heteroatoms. The highest BCUT2D eigenvalue weighted by molar-refractivity contribution is 6.00. The lowest BCUT2D eigenvalue weighted by Crippen LogP contribution is -2.51. The average molecular weight is 335 g/mol. The summed E-state index contributed by atoms with van der Waals surface area (Å²) in [6.07, 6.45) is 1.29. The molecule has 1 N–H and O–H groups in total. The van der Waals surface area contributed by atoms with E-state index in [4.69, 9.17) is 0 Å². The number of aryl methyl sites for hydroxylation is 2. The third-order valence-corrected chi connectivity index (χ3v) is 4.55. The van der Waals surface area contributed by atoms with Gasteiger partial charge in [0.05, 0.1) is 12.2 Å². The Hall–Kier alpha value is -1.89. The predicted molar refractivity (Wildman–Crippen MR) is 93.9 cm³/mol. The molecule has 0 saturated heterocycles. The summed E-state index contributed by atoms with van der Waals surface area (Å²) in [6, 6.07) is 1.34. The molecule has 2 rings (SSSR count). The zero-order valence-corrected chi connectivity index (χ0v) is 15.2. The predicted octanol–water partition coefficient (Wildman–Crippen LogP) is 1.16. The Morgan fingerprint density at radius 2 is 2.12 bits per heavy atom. The topological polar surface area (TPSA) is 70.5 Å². The van der Waals surface area contributed by atoms with Crippen LogP contribution in [0.3, 0.4) is 0 Å². The van der Waals surface area contributed by atoms with E-state index in [0.717, 1.165) is 37.6 Å². The van der Waals surface area contributed by atoms with Gasteiger partial charge in [0.15, 0.2) is 0 Å². The van der Waals surface area contributed by atoms with Crippen molar-refractivity contribution in [2.24, 2.45) is 0 Å². The van der Waals surface area contributed by atoms with Gasteiger partial charge in [0.25, 0.3) is 0 Å². The zero-order chi connectivity index (χ0) is 17.7. The van der Waals surface area contributed by atoms with Gasteiger partial charge in [0.2, 0.25) is 11.8 Å². The van der Waals surface area contributed by atoms with Crippen LogP contribution in [0.4, 0.5) is 5.82 Å². The first kappa shape index (κ1) is 18.4. The molecule has 0 aliphatic carbocycles. The molecule has 1 aromatic rings. The van der Waals surface area contributed by atoms with Crippen molar-refractivity contribution >= 4 is 17.6 Å². The van der Waals surface area contributed by atoms with Crippen LogP contribution in [0.2, 0.25) is 0 Å². The lowest BCUT2D eigenvalue weighted by Gasteiger charge is -2.32. The molecule has 134 valence electrons. The molecule has 1 aliphatic heterocycles. The molecule has 0 spiro atoms. The Bertz CT molecular complexity index is 580. The SMILES string of the molecule is CCN(CC)CCCNC(=O)[C@@H](C)N1C(=O)CCn2nc(C)cc21. The van der Waals surface area contributed by atoms with Gasteiger partial charge in [-0.1, -0.05) is 13.8 Å². The summed E-state index contributed by atoms with van der Waals surface area (Å²) < 4.78 is 1.81. The maximum Gasteiger partial charge on any atom is 0.242 e. The number of rotatable bonds is 8. The van der Waals surface area contributed by atoms with Crippen LogP contribution in [0.5, 0.6) is 0 Å². The van der Waals surface area contributed by atoms with E-state index in [2.05, 4.69) is 29.2 Å². The Morgan fingerprint density at radius 1 is 1.42 bits per heavy atom. The van der Waals surface area contributed by atoms with Crippen LogP contribution in [-0.2, 0) is 16.1 Å². The van der Waals surface area contributed by atoms with E-state index < -0.39 is 6.04 Å². The van der Waals surface area contributed by atoms with Crippen LogP contribution < -0.4 is 10.2 Å². The molecule has 7 nitrogen and oxygen atoms in total. The lowest BCUT2D eigenvalue weighted by atomic mass is 10.2. The molecule has 1 atom stereocenters. The maximum absolute atomic E-state index is 12.4. The van der Waals surface area contributed by atoms with E-state index in [-0.39, 0.29) is 11.8 Å². The Kier molecular flexibility index (Phi) is 6.36. The van der Waals surface area contributed by atoms with Gasteiger partial charge in [-0.15, -0.1) is 0 Å². The number of carbonyl (C=O) groups excluding carboxylic acids is 2. The first-order valence-electron chi connectivity index (χ1n) is 8.84. The van der Waals surface area contributed by atoms with Crippen LogP contribution in [0, 0.1) is 6.92 Å². The van der Waals surface area contributed by atoms with Crippen molar-refractivity contribution < 1.29 is 9.59 Å². The number of fused-ring (bicyclic) bond motifs is 1. The summed E-state index contributed by atoms with van der Waals surface area (Å²) in [5, 5.41) is 7.33. The molecule has 0 saturated carbocycles. The van der Waals surface area contributed by atoms with Crippen molar-refractivity contribution in [3.8, 4) is 0 Å². The number of carbonyl (C=O) groups is 2. The van der Waals surface area contributed by atoms with Gasteiger partial charge < -0.3 is 10.2 Å². The van der Waals surface area contributed by atoms with Crippen molar-refractivity contribution in [1.29, 1.82) is 0 Å². The number of hydrogen-bond acceptors (Lipinski definition) is 4. The molecule has 0 aromatic carbocycles. The molecule has 0 fully saturated rings. The Morgan fingerprint density at radius 3 is 2.79 bits per heavy atom. The van der Waals surface area contributed by atoms with Gasteiger partial charge >= 0.3 is 0 Å². The molecule has 2 heterocycles. The molecule has 1 aliphatic rings. The molecule has 24 heavy (non-hydrogen) atoms. The fraction of sp³-hybridized carbons (Fsp3) is 0.706. The number of aromatic nitrogens is 2. The minimum atomic E-state index is -0.527. The van der Waals surface area contributed by atoms with Crippen LogP contribution in [0.25, 0.3) is 0 Å². The number of amides is 2. The molecular formula is C17H29N5O2. The fourth-order valence-electron chi connectivity index (χ4n) is 3.07. The minimum absolute atomic E-state index is 0.0202. The van der Waals surface area contributed by atoms with Crippen LogP contribution in [-0.4, -0.2) is 58.7 Å². The molecule has 0 bridgehead atoms. The van der Waals surface area contributed by atoms with Crippen LogP contribution in [0.1, 0.15) is 39.3 Å². The van der Waals surface area contributed by atoms with Crippen LogP contribution in [0.15, 0.2) is 6.07 Å². The summed E-state index contributed by atoms with van der Waals surface area (Å²) in [5.74, 6) is 0.581. The van der Waals surface area contributed by atoms with Gasteiger partial charge in [-0.3, -0.25) is 14.5 Å². The van der Waals surface area contributed by atoms with E-state index in [9.17, 15) is 9.59 Å². The smallest absolute Gasteiger partial charge is 0.242 e. The van der Waals surface area contributed by atoms with Gasteiger partial charge in [-0.25, -0.2) is 4.68 Å². The average Bonchev–Trinajstić information content (AvgIpc) is 2.94. The van der Waals surface area contributed by atoms with E-state index in [1.54, 1.807) is 16.5 Å². The molecule has 2 amide bonds. The highest BCUT2D eigenvalue weighted by atomic mass is 16.2. The van der Waals surface area contributed by atoms with Crippen LogP contribution >= 0.6 is 0 Å². The number of hydrogen-bond donors (Lipinski definition) is 1. The number of anilines is 1. The van der Waals surface area contributed by atoms with E-state index in [1.807, 2.05) is 13.0 Å². The van der Waals surface area contributed by atoms with Gasteiger partial charge in [-0.05, 0) is 39.9 Å². The largest absolute Gasteiger partial charge is 0.354 e. The third-order valence-electron chi connectivity index (χ3n) is 4.55. The number of nitrogens with one attached hydrogen (secondary N) is 1. The van der Waals surface area contributed by atoms with Gasteiger partial charge in [-0.2, -0.15) is 5.10 Å². The summed E-state index contributed by atoms with van der Waals surface area (Å²) in [6.45, 7) is 12.2. The van der Waals surface area contributed by atoms with Crippen molar-refractivity contribution in [3.05, 3.63) is 11.8 Å². The molecule has 0 radical (unpaired) electrons. The quantitative estimate of drug-likeness (QED) is 0.724. The maximum atomic E-state index is 12.4. The zero-order valence-electron chi connectivity index (χ0n) is 15.2. The Labute approximate surface area is 144 Å². The highest BCUT2D eigenvalue weighted by Gasteiger charge is 2.32. The fourth-order valence-corrected chi connectivity index (χ4v) is 3.07. The second-order valence-corrected chi connectivity index (χ2v) is 6.23. The molecule has 1 aromatic heterocycles. The number of nitrogens with zero attached hydrogens (tertiary/aromatic N) is 4. The van der Waals surface area contributed by atoms with E-state index >= 15 is 0 Å². The summed E-state index contributed by atoms with van der Waals surface area (Å²) in [7, 11) is 0. The normalized spacial score (nSPS) is 15.5. The van der Waals surface area contributed by atoms with Crippen molar-refractivity contribution in [3.63, 3.8) is 0 Å². The second-order valence-electron chi connectivity index (χ2n) is 6.23. The highest BCUT2D eigenvalue weighted by Crippen LogP contribution is 2.24. The van der Waals surface area contributed by atoms with E-state index in [1.165, 1.54) is 0 Å². The van der Waals surface area contributed by atoms with Gasteiger partial charge in [0.1, 0.15) is 11.9 Å². The first-order valence-corrected chi connectivity index (χ1v) is 8.84. The minimum Gasteiger partial charge on any atom is -0.354 e. The summed E-state index contributed by atoms with van der Waals surface area (Å²) >= 11 is 0. The lowest BCUT2D eigenvalue weighted by molar-refractivity contribution is -0.126. The Balaban J connectivity index is 1.92. The monoisotopic (exact) mass is 335 g/mol. The second kappa shape index (κ2) is 8.28. The third kappa shape index (κ3) is 4.14. The van der Waals surface area contributed by atoms with E-state index in [0.29, 0.717) is 19.5 Å². The summed E-state index contributed by atoms with van der Waals surface area (Å²) in [5.41, 5.74) is 0.858. The standard InChI is InChI=1S/C17H29N5O2/c1-5-20(6-2)10-7-9-18-17(24)14(4)22-15-12-13(3)19-21(15)11-8-16(22)23/h12,14H,5-11H2,1-4H3,(H,18,24)/t14-/m1/s1. The first-order chi connectivity index (χ1) is 11.5. The van der Waals surface area contributed by atoms with Crippen molar-refractivity contribution in [2.75, 3.05) is 31.1 Å². The van der Waals surface area contributed by atoms with Gasteiger partial charge in [0, 0.05) is 19.0 Å². The van der Waals surface area contributed by atoms with Crippen molar-refractivity contribution in [1.82, 2.24) is 20.0 Å². The van der Waals surface area contributed by atoms with Crippen molar-refractivity contribution in [2.45, 2.75) is 53.1 Å². The summed E-state index contributed by atoms with van der Waals surface area (Å²) in [4.78, 5) is 28.6. The molecule has 0 unspecified atom stereocenters.